The van der Waals surface area contributed by atoms with Crippen molar-refractivity contribution in [3.8, 4) is 0 Å². The zero-order chi connectivity index (χ0) is 30.6. The van der Waals surface area contributed by atoms with Crippen molar-refractivity contribution in [1.82, 2.24) is 15.3 Å². The molecule has 11 heteroatoms. The van der Waals surface area contributed by atoms with Crippen molar-refractivity contribution in [2.24, 2.45) is 0 Å². The fraction of sp³-hybridized carbons (Fsp3) is 0.182. The van der Waals surface area contributed by atoms with Crippen molar-refractivity contribution in [2.75, 3.05) is 41.3 Å². The Balaban J connectivity index is 1.16. The number of piperazine rings is 1. The minimum absolute atomic E-state index is 0.172. The number of aromatic nitrogens is 2. The predicted molar refractivity (Wildman–Crippen MR) is 163 cm³/mol. The fourth-order valence-electron chi connectivity index (χ4n) is 5.46. The number of nitrogens with zero attached hydrogens (tertiary/aromatic N) is 3. The van der Waals surface area contributed by atoms with E-state index in [0.29, 0.717) is 43.2 Å². The second-order valence-corrected chi connectivity index (χ2v) is 10.5. The van der Waals surface area contributed by atoms with Crippen LogP contribution in [0.2, 0.25) is 0 Å². The number of H-pyrrole nitrogens is 1. The molecule has 3 aromatic carbocycles. The average Bonchev–Trinajstić information content (AvgIpc) is 3.44. The minimum Gasteiger partial charge on any atom is -0.368 e. The molecular formula is C33H29F3N6O2. The van der Waals surface area contributed by atoms with Crippen molar-refractivity contribution in [3.63, 3.8) is 0 Å². The molecule has 0 unspecified atom stereocenters. The van der Waals surface area contributed by atoms with Gasteiger partial charge in [0, 0.05) is 79.5 Å². The third kappa shape index (κ3) is 6.22. The number of carbonyl (C=O) groups is 2. The van der Waals surface area contributed by atoms with E-state index in [1.54, 1.807) is 36.8 Å². The first-order valence-electron chi connectivity index (χ1n) is 14.2. The molecule has 224 valence electrons. The number of nitrogens with one attached hydrogen (secondary N) is 3. The van der Waals surface area contributed by atoms with Crippen LogP contribution in [-0.4, -0.2) is 54.0 Å². The molecule has 0 bridgehead atoms. The largest absolute Gasteiger partial charge is 0.368 e. The Bertz CT molecular complexity index is 1800. The fourth-order valence-corrected chi connectivity index (χ4v) is 5.46. The van der Waals surface area contributed by atoms with Gasteiger partial charge in [0.2, 0.25) is 5.91 Å². The van der Waals surface area contributed by atoms with Crippen molar-refractivity contribution < 1.29 is 22.8 Å². The maximum absolute atomic E-state index is 15.4. The molecule has 1 fully saturated rings. The van der Waals surface area contributed by atoms with Gasteiger partial charge in [0.15, 0.2) is 0 Å². The topological polar surface area (TPSA) is 93.4 Å². The van der Waals surface area contributed by atoms with Gasteiger partial charge in [0.1, 0.15) is 23.5 Å². The summed E-state index contributed by atoms with van der Waals surface area (Å²) in [5.41, 5.74) is 2.93. The lowest BCUT2D eigenvalue weighted by Crippen LogP contribution is -2.47. The van der Waals surface area contributed by atoms with E-state index >= 15 is 4.39 Å². The van der Waals surface area contributed by atoms with Gasteiger partial charge >= 0.3 is 0 Å². The van der Waals surface area contributed by atoms with Crippen LogP contribution in [0.4, 0.5) is 30.2 Å². The number of hydrogen-bond acceptors (Lipinski definition) is 5. The first-order valence-corrected chi connectivity index (χ1v) is 14.2. The molecule has 1 saturated heterocycles. The number of benzene rings is 3. The van der Waals surface area contributed by atoms with Crippen LogP contribution in [0.5, 0.6) is 0 Å². The summed E-state index contributed by atoms with van der Waals surface area (Å²) in [5.74, 6) is -3.17. The van der Waals surface area contributed by atoms with Crippen LogP contribution >= 0.6 is 0 Å². The number of fused-ring (bicyclic) bond motifs is 1. The lowest BCUT2D eigenvalue weighted by molar-refractivity contribution is -0.118. The zero-order valence-electron chi connectivity index (χ0n) is 23.6. The summed E-state index contributed by atoms with van der Waals surface area (Å²) in [6.45, 7) is 1.86. The highest BCUT2D eigenvalue weighted by molar-refractivity contribution is 6.02. The molecule has 0 radical (unpaired) electrons. The molecule has 1 aliphatic heterocycles. The zero-order valence-corrected chi connectivity index (χ0v) is 23.6. The van der Waals surface area contributed by atoms with Gasteiger partial charge in [-0.1, -0.05) is 18.2 Å². The van der Waals surface area contributed by atoms with Gasteiger partial charge in [0.05, 0.1) is 11.3 Å². The lowest BCUT2D eigenvalue weighted by atomic mass is 10.0. The summed E-state index contributed by atoms with van der Waals surface area (Å²) in [5, 5.41) is 6.44. The molecule has 3 N–H and O–H groups in total. The monoisotopic (exact) mass is 598 g/mol. The summed E-state index contributed by atoms with van der Waals surface area (Å²) >= 11 is 0. The van der Waals surface area contributed by atoms with Crippen molar-refractivity contribution in [3.05, 3.63) is 120 Å². The molecule has 1 aliphatic rings. The second kappa shape index (κ2) is 12.5. The third-order valence-electron chi connectivity index (χ3n) is 7.76. The van der Waals surface area contributed by atoms with Crippen molar-refractivity contribution in [1.29, 1.82) is 0 Å². The van der Waals surface area contributed by atoms with Gasteiger partial charge in [-0.3, -0.25) is 14.6 Å². The number of aromatic amines is 1. The van der Waals surface area contributed by atoms with E-state index in [1.165, 1.54) is 24.3 Å². The summed E-state index contributed by atoms with van der Waals surface area (Å²) < 4.78 is 42.9. The summed E-state index contributed by atoms with van der Waals surface area (Å²) in [7, 11) is 0. The molecule has 0 aliphatic carbocycles. The van der Waals surface area contributed by atoms with Crippen LogP contribution in [0.1, 0.15) is 15.9 Å². The number of pyridine rings is 1. The number of anilines is 3. The quantitative estimate of drug-likeness (QED) is 0.226. The first-order chi connectivity index (χ1) is 21.4. The van der Waals surface area contributed by atoms with Gasteiger partial charge in [-0.25, -0.2) is 13.2 Å². The number of para-hydroxylation sites is 1. The Hall–Kier alpha value is -5.32. The molecule has 1 atom stereocenters. The summed E-state index contributed by atoms with van der Waals surface area (Å²) in [6, 6.07) is 17.7. The Morgan fingerprint density at radius 2 is 1.61 bits per heavy atom. The number of rotatable bonds is 8. The van der Waals surface area contributed by atoms with Crippen molar-refractivity contribution in [2.45, 2.75) is 12.5 Å². The van der Waals surface area contributed by atoms with E-state index in [1.807, 2.05) is 34.1 Å². The van der Waals surface area contributed by atoms with E-state index in [4.69, 9.17) is 0 Å². The maximum atomic E-state index is 15.4. The normalized spacial score (nSPS) is 14.0. The van der Waals surface area contributed by atoms with Gasteiger partial charge < -0.3 is 25.4 Å². The van der Waals surface area contributed by atoms with E-state index in [9.17, 15) is 18.4 Å². The summed E-state index contributed by atoms with van der Waals surface area (Å²) in [6.07, 6.45) is 5.05. The highest BCUT2D eigenvalue weighted by Gasteiger charge is 2.26. The molecule has 3 heterocycles. The van der Waals surface area contributed by atoms with Crippen LogP contribution in [0.25, 0.3) is 10.9 Å². The molecule has 0 spiro atoms. The highest BCUT2D eigenvalue weighted by atomic mass is 19.1. The minimum atomic E-state index is -1.01. The van der Waals surface area contributed by atoms with Crippen LogP contribution in [0, 0.1) is 17.5 Å². The molecule has 5 aromatic rings. The highest BCUT2D eigenvalue weighted by Crippen LogP contribution is 2.25. The standard InChI is InChI=1S/C33H29F3N6O2/c34-22-5-8-31(28(36)18-22)42-15-13-41(14-16-42)24-6-7-26(27(35)19-24)32(43)40-30(33(44)39-23-9-11-37-12-10-23)17-21-20-38-29-4-2-1-3-25(21)29/h1-12,18-20,30,38H,13-17H2,(H,40,43)(H,37,39,44)/t30-/m1/s1. The average molecular weight is 599 g/mol. The van der Waals surface area contributed by atoms with Gasteiger partial charge in [-0.05, 0) is 54.1 Å². The first kappa shape index (κ1) is 28.8. The van der Waals surface area contributed by atoms with Crippen molar-refractivity contribution >= 4 is 39.8 Å². The van der Waals surface area contributed by atoms with E-state index in [-0.39, 0.29) is 12.0 Å². The van der Waals surface area contributed by atoms with E-state index in [2.05, 4.69) is 20.6 Å². The molecule has 8 nitrogen and oxygen atoms in total. The predicted octanol–water partition coefficient (Wildman–Crippen LogP) is 5.29. The molecule has 2 amide bonds. The molecule has 44 heavy (non-hydrogen) atoms. The van der Waals surface area contributed by atoms with Crippen LogP contribution in [-0.2, 0) is 11.2 Å². The SMILES string of the molecule is O=C(N[C@H](Cc1c[nH]c2ccccc12)C(=O)Nc1ccncc1)c1ccc(N2CCN(c3ccc(F)cc3F)CC2)cc1F. The number of carbonyl (C=O) groups excluding carboxylic acids is 2. The Morgan fingerprint density at radius 1 is 0.864 bits per heavy atom. The van der Waals surface area contributed by atoms with E-state index < -0.39 is 35.3 Å². The summed E-state index contributed by atoms with van der Waals surface area (Å²) in [4.78, 5) is 37.6. The van der Waals surface area contributed by atoms with Crippen LogP contribution in [0.15, 0.2) is 91.4 Å². The van der Waals surface area contributed by atoms with E-state index in [0.717, 1.165) is 22.5 Å². The van der Waals surface area contributed by atoms with Gasteiger partial charge in [0.25, 0.3) is 5.91 Å². The number of halogens is 3. The molecule has 0 saturated carbocycles. The maximum Gasteiger partial charge on any atom is 0.254 e. The second-order valence-electron chi connectivity index (χ2n) is 10.5. The van der Waals surface area contributed by atoms with Crippen LogP contribution < -0.4 is 20.4 Å². The third-order valence-corrected chi connectivity index (χ3v) is 7.76. The van der Waals surface area contributed by atoms with Crippen LogP contribution in [0.3, 0.4) is 0 Å². The number of amides is 2. The number of hydrogen-bond donors (Lipinski definition) is 3. The smallest absolute Gasteiger partial charge is 0.254 e. The van der Waals surface area contributed by atoms with Gasteiger partial charge in [-0.15, -0.1) is 0 Å². The van der Waals surface area contributed by atoms with Gasteiger partial charge in [-0.2, -0.15) is 0 Å². The lowest BCUT2D eigenvalue weighted by Gasteiger charge is -2.37. The molecule has 2 aromatic heterocycles. The Labute approximate surface area is 251 Å². The molecular weight excluding hydrogens is 569 g/mol. The Kier molecular flexibility index (Phi) is 8.18. The Morgan fingerprint density at radius 3 is 2.36 bits per heavy atom. The molecule has 6 rings (SSSR count).